The minimum absolute atomic E-state index is 0.891. The van der Waals surface area contributed by atoms with Crippen molar-refractivity contribution in [2.45, 2.75) is 12.8 Å². The van der Waals surface area contributed by atoms with Gasteiger partial charge < -0.3 is 13.9 Å². The molecule has 0 amide bonds. The highest BCUT2D eigenvalue weighted by molar-refractivity contribution is 6.15. The number of rotatable bonds is 5. The summed E-state index contributed by atoms with van der Waals surface area (Å²) in [7, 11) is 0. The summed E-state index contributed by atoms with van der Waals surface area (Å²) in [5, 5.41) is 8.45. The average molecular weight is 679 g/mol. The molecule has 0 aliphatic heterocycles. The van der Waals surface area contributed by atoms with E-state index < -0.39 is 0 Å². The lowest BCUT2D eigenvalue weighted by Crippen LogP contribution is -2.10. The van der Waals surface area contributed by atoms with Crippen LogP contribution in [-0.4, -0.2) is 4.57 Å². The molecule has 0 spiro atoms. The van der Waals surface area contributed by atoms with E-state index in [4.69, 9.17) is 4.42 Å². The molecule has 3 heteroatoms. The Bertz CT molecular complexity index is 3050. The van der Waals surface area contributed by atoms with Gasteiger partial charge in [0, 0.05) is 49.9 Å². The molecular weight excluding hydrogens is 645 g/mol. The Morgan fingerprint density at radius 2 is 1.19 bits per heavy atom. The zero-order chi connectivity index (χ0) is 34.9. The number of anilines is 3. The third kappa shape index (κ3) is 4.74. The van der Waals surface area contributed by atoms with E-state index >= 15 is 0 Å². The van der Waals surface area contributed by atoms with Gasteiger partial charge in [-0.15, -0.1) is 0 Å². The van der Waals surface area contributed by atoms with Crippen molar-refractivity contribution in [1.29, 1.82) is 0 Å². The molecule has 3 nitrogen and oxygen atoms in total. The van der Waals surface area contributed by atoms with Crippen molar-refractivity contribution in [3.63, 3.8) is 0 Å². The largest absolute Gasteiger partial charge is 0.456 e. The fraction of sp³-hybridized carbons (Fsp3) is 0.0400. The number of allylic oxidation sites excluding steroid dienone is 1. The summed E-state index contributed by atoms with van der Waals surface area (Å²) in [5.41, 5.74) is 12.7. The van der Waals surface area contributed by atoms with Crippen LogP contribution >= 0.6 is 0 Å². The van der Waals surface area contributed by atoms with Gasteiger partial charge in [0.1, 0.15) is 11.2 Å². The van der Waals surface area contributed by atoms with Crippen LogP contribution in [0.5, 0.6) is 0 Å². The normalized spacial score (nSPS) is 12.7. The second-order valence-corrected chi connectivity index (χ2v) is 14.0. The number of furan rings is 1. The average Bonchev–Trinajstić information content (AvgIpc) is 3.77. The first kappa shape index (κ1) is 29.8. The zero-order valence-electron chi connectivity index (χ0n) is 29.0. The van der Waals surface area contributed by atoms with E-state index in [9.17, 15) is 0 Å². The van der Waals surface area contributed by atoms with Crippen LogP contribution in [0.2, 0.25) is 0 Å². The molecule has 0 saturated heterocycles. The van der Waals surface area contributed by atoms with Crippen molar-refractivity contribution in [3.05, 3.63) is 187 Å². The maximum absolute atomic E-state index is 6.26. The molecule has 11 rings (SSSR count). The molecule has 0 atom stereocenters. The van der Waals surface area contributed by atoms with Gasteiger partial charge in [-0.25, -0.2) is 0 Å². The van der Waals surface area contributed by atoms with Crippen LogP contribution in [0.25, 0.3) is 77.3 Å². The molecule has 0 fully saturated rings. The number of benzene rings is 8. The van der Waals surface area contributed by atoms with Gasteiger partial charge in [-0.05, 0) is 107 Å². The molecule has 10 aromatic rings. The smallest absolute Gasteiger partial charge is 0.135 e. The quantitative estimate of drug-likeness (QED) is 0.169. The third-order valence-electron chi connectivity index (χ3n) is 11.0. The van der Waals surface area contributed by atoms with Gasteiger partial charge in [-0.3, -0.25) is 0 Å². The number of nitrogens with zero attached hydrogens (tertiary/aromatic N) is 2. The number of para-hydroxylation sites is 2. The van der Waals surface area contributed by atoms with E-state index in [1.54, 1.807) is 0 Å². The molecule has 1 aliphatic carbocycles. The van der Waals surface area contributed by atoms with Crippen molar-refractivity contribution in [3.8, 4) is 16.8 Å². The molecule has 1 aliphatic rings. The monoisotopic (exact) mass is 678 g/mol. The summed E-state index contributed by atoms with van der Waals surface area (Å²) in [6.07, 6.45) is 6.74. The molecule has 8 aromatic carbocycles. The fourth-order valence-corrected chi connectivity index (χ4v) is 8.58. The SMILES string of the molecule is C1=Cc2c(n(-c3ccccc3)c3ccc(-c4ccc(N(c5ccc6oc7ccccc7c6c5)c5cc6ccccc6c6ccccc56)cc4)cc23)CC1. The van der Waals surface area contributed by atoms with Gasteiger partial charge in [0.25, 0.3) is 0 Å². The predicted molar refractivity (Wildman–Crippen MR) is 223 cm³/mol. The van der Waals surface area contributed by atoms with Crippen molar-refractivity contribution >= 4 is 77.5 Å². The van der Waals surface area contributed by atoms with Crippen molar-refractivity contribution < 1.29 is 4.42 Å². The molecule has 53 heavy (non-hydrogen) atoms. The lowest BCUT2D eigenvalue weighted by atomic mass is 9.98. The van der Waals surface area contributed by atoms with E-state index in [1.165, 1.54) is 60.5 Å². The summed E-state index contributed by atoms with van der Waals surface area (Å²) in [5.74, 6) is 0. The van der Waals surface area contributed by atoms with E-state index in [1.807, 2.05) is 12.1 Å². The van der Waals surface area contributed by atoms with Crippen LogP contribution in [0.4, 0.5) is 17.1 Å². The van der Waals surface area contributed by atoms with Crippen LogP contribution in [0, 0.1) is 0 Å². The Balaban J connectivity index is 1.08. The van der Waals surface area contributed by atoms with Crippen molar-refractivity contribution in [2.24, 2.45) is 0 Å². The summed E-state index contributed by atoms with van der Waals surface area (Å²) in [4.78, 5) is 2.41. The zero-order valence-corrected chi connectivity index (χ0v) is 29.0. The minimum atomic E-state index is 0.891. The first-order valence-electron chi connectivity index (χ1n) is 18.4. The lowest BCUT2D eigenvalue weighted by molar-refractivity contribution is 0.669. The summed E-state index contributed by atoms with van der Waals surface area (Å²) >= 11 is 0. The van der Waals surface area contributed by atoms with Crippen molar-refractivity contribution in [1.82, 2.24) is 4.57 Å². The highest BCUT2D eigenvalue weighted by Gasteiger charge is 2.21. The molecule has 0 unspecified atom stereocenters. The van der Waals surface area contributed by atoms with Gasteiger partial charge in [0.05, 0.1) is 11.2 Å². The Morgan fingerprint density at radius 3 is 2.06 bits per heavy atom. The van der Waals surface area contributed by atoms with Gasteiger partial charge in [0.2, 0.25) is 0 Å². The number of hydrogen-bond acceptors (Lipinski definition) is 2. The van der Waals surface area contributed by atoms with Gasteiger partial charge in [-0.1, -0.05) is 115 Å². The number of fused-ring (bicyclic) bond motifs is 9. The van der Waals surface area contributed by atoms with Gasteiger partial charge >= 0.3 is 0 Å². The predicted octanol–water partition coefficient (Wildman–Crippen LogP) is 13.9. The molecule has 2 heterocycles. The Hall–Kier alpha value is -6.84. The standard InChI is InChI=1S/C50H34N2O/c1-2-13-36(14-3-1)52-46-20-10-8-18-42(46)44-30-34(24-28-47(44)52)33-22-25-37(26-23-33)51(38-27-29-50-45(32-38)43-19-9-11-21-49(43)53-50)48-31-35-12-4-5-15-39(35)40-16-6-7-17-41(40)48/h1-9,11-19,21-32H,10,20H2. The maximum Gasteiger partial charge on any atom is 0.135 e. The Kier molecular flexibility index (Phi) is 6.68. The highest BCUT2D eigenvalue weighted by Crippen LogP contribution is 2.44. The molecule has 0 bridgehead atoms. The van der Waals surface area contributed by atoms with Gasteiger partial charge in [0.15, 0.2) is 0 Å². The summed E-state index contributed by atoms with van der Waals surface area (Å²) in [6.45, 7) is 0. The van der Waals surface area contributed by atoms with Crippen LogP contribution in [0.3, 0.4) is 0 Å². The summed E-state index contributed by atoms with van der Waals surface area (Å²) in [6, 6.07) is 61.5. The second kappa shape index (κ2) is 11.9. The van der Waals surface area contributed by atoms with E-state index in [2.05, 4.69) is 179 Å². The maximum atomic E-state index is 6.26. The molecule has 250 valence electrons. The Labute approximate surface area is 307 Å². The molecule has 0 radical (unpaired) electrons. The van der Waals surface area contributed by atoms with Crippen LogP contribution < -0.4 is 4.90 Å². The lowest BCUT2D eigenvalue weighted by Gasteiger charge is -2.28. The molecular formula is C50H34N2O. The minimum Gasteiger partial charge on any atom is -0.456 e. The highest BCUT2D eigenvalue weighted by atomic mass is 16.3. The van der Waals surface area contributed by atoms with E-state index in [0.717, 1.165) is 51.8 Å². The van der Waals surface area contributed by atoms with Crippen LogP contribution in [-0.2, 0) is 6.42 Å². The van der Waals surface area contributed by atoms with Gasteiger partial charge in [-0.2, -0.15) is 0 Å². The number of hydrogen-bond donors (Lipinski definition) is 0. The first-order chi connectivity index (χ1) is 26.3. The third-order valence-corrected chi connectivity index (χ3v) is 11.0. The van der Waals surface area contributed by atoms with Crippen LogP contribution in [0.15, 0.2) is 180 Å². The molecule has 2 aromatic heterocycles. The topological polar surface area (TPSA) is 21.3 Å². The Morgan fingerprint density at radius 1 is 0.491 bits per heavy atom. The second-order valence-electron chi connectivity index (χ2n) is 14.0. The fourth-order valence-electron chi connectivity index (χ4n) is 8.58. The molecule has 0 N–H and O–H groups in total. The summed E-state index contributed by atoms with van der Waals surface area (Å²) < 4.78 is 8.71. The first-order valence-corrected chi connectivity index (χ1v) is 18.4. The molecule has 0 saturated carbocycles. The van der Waals surface area contributed by atoms with E-state index in [-0.39, 0.29) is 0 Å². The van der Waals surface area contributed by atoms with E-state index in [0.29, 0.717) is 0 Å². The van der Waals surface area contributed by atoms with Crippen LogP contribution in [0.1, 0.15) is 17.7 Å². The number of aromatic nitrogens is 1. The van der Waals surface area contributed by atoms with Crippen molar-refractivity contribution in [2.75, 3.05) is 4.90 Å².